The highest BCUT2D eigenvalue weighted by Gasteiger charge is 2.39. The minimum Gasteiger partial charge on any atom is -0.306 e. The molecule has 2 aliphatic rings. The lowest BCUT2D eigenvalue weighted by Gasteiger charge is -2.39. The van der Waals surface area contributed by atoms with Crippen LogP contribution in [0, 0.1) is 5.41 Å². The normalized spacial score (nSPS) is 24.1. The van der Waals surface area contributed by atoms with Crippen molar-refractivity contribution in [3.05, 3.63) is 29.0 Å². The van der Waals surface area contributed by atoms with E-state index in [1.165, 1.54) is 51.0 Å². The van der Waals surface area contributed by atoms with Crippen LogP contribution >= 0.6 is 11.6 Å². The summed E-state index contributed by atoms with van der Waals surface area (Å²) in [6.07, 6.45) is 7.63. The number of nitrogens with zero attached hydrogens (tertiary/aromatic N) is 3. The van der Waals surface area contributed by atoms with Crippen LogP contribution in [-0.4, -0.2) is 48.0 Å². The van der Waals surface area contributed by atoms with Gasteiger partial charge in [-0.05, 0) is 63.0 Å². The van der Waals surface area contributed by atoms with Gasteiger partial charge in [-0.3, -0.25) is 9.88 Å². The molecule has 2 aliphatic heterocycles. The van der Waals surface area contributed by atoms with Crippen molar-refractivity contribution < 1.29 is 0 Å². The second kappa shape index (κ2) is 5.39. The van der Waals surface area contributed by atoms with Crippen molar-refractivity contribution in [2.45, 2.75) is 25.8 Å². The first-order valence-corrected chi connectivity index (χ1v) is 7.54. The Kier molecular flexibility index (Phi) is 3.79. The quantitative estimate of drug-likeness (QED) is 0.830. The lowest BCUT2D eigenvalue weighted by molar-refractivity contribution is 0.105. The minimum atomic E-state index is 0.604. The molecule has 3 nitrogen and oxygen atoms in total. The van der Waals surface area contributed by atoms with Gasteiger partial charge in [0.05, 0.1) is 5.02 Å². The van der Waals surface area contributed by atoms with Gasteiger partial charge in [-0.15, -0.1) is 0 Å². The van der Waals surface area contributed by atoms with Crippen LogP contribution in [0.1, 0.15) is 24.8 Å². The number of aromatic nitrogens is 1. The van der Waals surface area contributed by atoms with Crippen molar-refractivity contribution in [3.63, 3.8) is 0 Å². The molecule has 0 N–H and O–H groups in total. The molecule has 1 aromatic rings. The molecule has 2 saturated heterocycles. The summed E-state index contributed by atoms with van der Waals surface area (Å²) in [5, 5.41) is 0.795. The molecule has 104 valence electrons. The predicted octanol–water partition coefficient (Wildman–Crippen LogP) is 2.65. The summed E-state index contributed by atoms with van der Waals surface area (Å²) in [6, 6.07) is 2.04. The van der Waals surface area contributed by atoms with Crippen LogP contribution in [0.3, 0.4) is 0 Å². The third kappa shape index (κ3) is 2.93. The molecule has 0 aliphatic carbocycles. The standard InChI is InChI=1S/C15H22ClN3/c1-18-7-3-15(12-18)4-8-19(9-5-15)11-13-2-6-17-10-14(13)16/h2,6,10H,3-5,7-9,11-12H2,1H3. The highest BCUT2D eigenvalue weighted by atomic mass is 35.5. The number of pyridine rings is 1. The van der Waals surface area contributed by atoms with E-state index in [0.717, 1.165) is 11.6 Å². The highest BCUT2D eigenvalue weighted by molar-refractivity contribution is 6.31. The highest BCUT2D eigenvalue weighted by Crippen LogP contribution is 2.40. The van der Waals surface area contributed by atoms with E-state index in [0.29, 0.717) is 5.41 Å². The van der Waals surface area contributed by atoms with E-state index in [4.69, 9.17) is 11.6 Å². The summed E-state index contributed by atoms with van der Waals surface area (Å²) in [5.41, 5.74) is 1.81. The summed E-state index contributed by atoms with van der Waals surface area (Å²) in [4.78, 5) is 9.06. The Balaban J connectivity index is 1.58. The largest absolute Gasteiger partial charge is 0.306 e. The first-order valence-electron chi connectivity index (χ1n) is 7.16. The Morgan fingerprint density at radius 1 is 1.26 bits per heavy atom. The Labute approximate surface area is 120 Å². The lowest BCUT2D eigenvalue weighted by Crippen LogP contribution is -2.40. The molecular weight excluding hydrogens is 258 g/mol. The van der Waals surface area contributed by atoms with Crippen LogP contribution in [-0.2, 0) is 6.54 Å². The van der Waals surface area contributed by atoms with Crippen molar-refractivity contribution in [3.8, 4) is 0 Å². The molecule has 3 rings (SSSR count). The molecule has 3 heterocycles. The zero-order valence-electron chi connectivity index (χ0n) is 11.6. The maximum Gasteiger partial charge on any atom is 0.0634 e. The van der Waals surface area contributed by atoms with E-state index < -0.39 is 0 Å². The maximum atomic E-state index is 6.19. The van der Waals surface area contributed by atoms with Crippen molar-refractivity contribution in [1.82, 2.24) is 14.8 Å². The molecule has 0 amide bonds. The number of piperidine rings is 1. The van der Waals surface area contributed by atoms with Crippen LogP contribution in [0.5, 0.6) is 0 Å². The fraction of sp³-hybridized carbons (Fsp3) is 0.667. The molecule has 0 saturated carbocycles. The molecule has 0 bridgehead atoms. The SMILES string of the molecule is CN1CCC2(CCN(Cc3ccncc3Cl)CC2)C1. The minimum absolute atomic E-state index is 0.604. The summed E-state index contributed by atoms with van der Waals surface area (Å²) in [5.74, 6) is 0. The average Bonchev–Trinajstić information content (AvgIpc) is 2.77. The Bertz CT molecular complexity index is 441. The van der Waals surface area contributed by atoms with Gasteiger partial charge in [0.1, 0.15) is 0 Å². The van der Waals surface area contributed by atoms with Crippen molar-refractivity contribution in [2.75, 3.05) is 33.2 Å². The van der Waals surface area contributed by atoms with Crippen LogP contribution in [0.15, 0.2) is 18.5 Å². The summed E-state index contributed by atoms with van der Waals surface area (Å²) in [7, 11) is 2.25. The van der Waals surface area contributed by atoms with Gasteiger partial charge >= 0.3 is 0 Å². The third-order valence-corrected chi connectivity index (χ3v) is 5.14. The topological polar surface area (TPSA) is 19.4 Å². The van der Waals surface area contributed by atoms with Gasteiger partial charge in [-0.2, -0.15) is 0 Å². The van der Waals surface area contributed by atoms with Gasteiger partial charge in [-0.1, -0.05) is 11.6 Å². The molecule has 0 radical (unpaired) electrons. The molecule has 19 heavy (non-hydrogen) atoms. The van der Waals surface area contributed by atoms with Gasteiger partial charge in [-0.25, -0.2) is 0 Å². The Hall–Kier alpha value is -0.640. The smallest absolute Gasteiger partial charge is 0.0634 e. The van der Waals surface area contributed by atoms with Gasteiger partial charge in [0, 0.05) is 25.5 Å². The van der Waals surface area contributed by atoms with Crippen molar-refractivity contribution in [1.29, 1.82) is 0 Å². The molecule has 1 aromatic heterocycles. The second-order valence-corrected chi connectivity index (χ2v) is 6.64. The van der Waals surface area contributed by atoms with Crippen molar-refractivity contribution in [2.24, 2.45) is 5.41 Å². The van der Waals surface area contributed by atoms with E-state index >= 15 is 0 Å². The number of rotatable bonds is 2. The predicted molar refractivity (Wildman–Crippen MR) is 78.3 cm³/mol. The monoisotopic (exact) mass is 279 g/mol. The molecule has 0 atom stereocenters. The third-order valence-electron chi connectivity index (χ3n) is 4.80. The van der Waals surface area contributed by atoms with Crippen LogP contribution in [0.4, 0.5) is 0 Å². The second-order valence-electron chi connectivity index (χ2n) is 6.23. The van der Waals surface area contributed by atoms with E-state index in [1.54, 1.807) is 6.20 Å². The molecule has 4 heteroatoms. The fourth-order valence-electron chi connectivity index (χ4n) is 3.53. The number of hydrogen-bond acceptors (Lipinski definition) is 3. The number of likely N-dealkylation sites (tertiary alicyclic amines) is 2. The van der Waals surface area contributed by atoms with Gasteiger partial charge in [0.15, 0.2) is 0 Å². The van der Waals surface area contributed by atoms with E-state index in [2.05, 4.69) is 21.8 Å². The van der Waals surface area contributed by atoms with Crippen LogP contribution in [0.2, 0.25) is 5.02 Å². The number of halogens is 1. The van der Waals surface area contributed by atoms with E-state index in [-0.39, 0.29) is 0 Å². The molecular formula is C15H22ClN3. The molecule has 1 spiro atoms. The fourth-order valence-corrected chi connectivity index (χ4v) is 3.70. The lowest BCUT2D eigenvalue weighted by atomic mass is 9.78. The van der Waals surface area contributed by atoms with E-state index in [1.807, 2.05) is 12.3 Å². The van der Waals surface area contributed by atoms with Crippen molar-refractivity contribution >= 4 is 11.6 Å². The first-order chi connectivity index (χ1) is 9.17. The van der Waals surface area contributed by atoms with Gasteiger partial charge in [0.2, 0.25) is 0 Å². The van der Waals surface area contributed by atoms with Crippen LogP contribution in [0.25, 0.3) is 0 Å². The molecule has 0 aromatic carbocycles. The Morgan fingerprint density at radius 2 is 2.00 bits per heavy atom. The Morgan fingerprint density at radius 3 is 2.63 bits per heavy atom. The summed E-state index contributed by atoms with van der Waals surface area (Å²) < 4.78 is 0. The summed E-state index contributed by atoms with van der Waals surface area (Å²) >= 11 is 6.19. The van der Waals surface area contributed by atoms with Gasteiger partial charge < -0.3 is 4.90 Å². The van der Waals surface area contributed by atoms with E-state index in [9.17, 15) is 0 Å². The molecule has 2 fully saturated rings. The zero-order chi connectivity index (χ0) is 13.3. The maximum absolute atomic E-state index is 6.19. The van der Waals surface area contributed by atoms with Gasteiger partial charge in [0.25, 0.3) is 0 Å². The number of hydrogen-bond donors (Lipinski definition) is 0. The first kappa shape index (κ1) is 13.3. The summed E-state index contributed by atoms with van der Waals surface area (Å²) in [6.45, 7) is 5.93. The van der Waals surface area contributed by atoms with Crippen LogP contribution < -0.4 is 0 Å². The zero-order valence-corrected chi connectivity index (χ0v) is 12.4. The molecule has 0 unspecified atom stereocenters. The average molecular weight is 280 g/mol.